The van der Waals surface area contributed by atoms with Crippen molar-refractivity contribution in [2.24, 2.45) is 0 Å². The van der Waals surface area contributed by atoms with Gasteiger partial charge in [0.25, 0.3) is 0 Å². The number of nitrogens with zero attached hydrogens (tertiary/aromatic N) is 2. The van der Waals surface area contributed by atoms with Gasteiger partial charge in [0.1, 0.15) is 0 Å². The summed E-state index contributed by atoms with van der Waals surface area (Å²) in [6.45, 7) is 1.72. The molecule has 0 aliphatic rings. The summed E-state index contributed by atoms with van der Waals surface area (Å²) < 4.78 is 0. The molecule has 0 saturated carbocycles. The molecule has 58 valence electrons. The molecule has 1 aromatic heterocycles. The fourth-order valence-corrected chi connectivity index (χ4v) is 0.959. The molecule has 1 heterocycles. The molecule has 0 saturated heterocycles. The summed E-state index contributed by atoms with van der Waals surface area (Å²) in [5.41, 5.74) is 0.733. The number of halogens is 1. The van der Waals surface area contributed by atoms with Crippen molar-refractivity contribution in [3.8, 4) is 0 Å². The predicted octanol–water partition coefficient (Wildman–Crippen LogP) is 1.95. The molecular weight excluding hydrogens is 168 g/mol. The maximum Gasteiger partial charge on any atom is 0.365 e. The first kappa shape index (κ1) is 7.94. The van der Waals surface area contributed by atoms with E-state index in [1.165, 1.54) is 6.07 Å². The Bertz CT molecular complexity index is 280. The lowest BCUT2D eigenvalue weighted by molar-refractivity contribution is -0.389. The average molecular weight is 173 g/mol. The molecular formula is C6H5ClN2O2. The van der Waals surface area contributed by atoms with Crippen molar-refractivity contribution in [3.63, 3.8) is 0 Å². The first-order valence-electron chi connectivity index (χ1n) is 2.88. The normalized spacial score (nSPS) is 9.64. The van der Waals surface area contributed by atoms with Crippen LogP contribution in [0, 0.1) is 17.0 Å². The number of nitro groups is 1. The van der Waals surface area contributed by atoms with E-state index >= 15 is 0 Å². The number of aryl methyl sites for hydroxylation is 1. The highest BCUT2D eigenvalue weighted by Crippen LogP contribution is 2.14. The average Bonchev–Trinajstić information content (AvgIpc) is 1.85. The Hall–Kier alpha value is -1.16. The van der Waals surface area contributed by atoms with Crippen LogP contribution in [0.15, 0.2) is 12.1 Å². The van der Waals surface area contributed by atoms with Gasteiger partial charge in [-0.2, -0.15) is 0 Å². The predicted molar refractivity (Wildman–Crippen MR) is 40.6 cm³/mol. The fraction of sp³-hybridized carbons (Fsp3) is 0.167. The summed E-state index contributed by atoms with van der Waals surface area (Å²) in [6.07, 6.45) is 0. The lowest BCUT2D eigenvalue weighted by atomic mass is 10.3. The molecule has 0 atom stereocenters. The quantitative estimate of drug-likeness (QED) is 0.370. The minimum Gasteiger partial charge on any atom is -0.358 e. The van der Waals surface area contributed by atoms with E-state index in [1.54, 1.807) is 13.0 Å². The topological polar surface area (TPSA) is 56.0 Å². The molecule has 0 N–H and O–H groups in total. The lowest BCUT2D eigenvalue weighted by Crippen LogP contribution is -1.92. The molecule has 0 aromatic carbocycles. The maximum atomic E-state index is 10.2. The third-order valence-electron chi connectivity index (χ3n) is 1.11. The van der Waals surface area contributed by atoms with Gasteiger partial charge in [-0.3, -0.25) is 0 Å². The molecule has 5 heteroatoms. The first-order valence-corrected chi connectivity index (χ1v) is 3.26. The number of aromatic nitrogens is 1. The summed E-state index contributed by atoms with van der Waals surface area (Å²) in [7, 11) is 0. The third-order valence-corrected chi connectivity index (χ3v) is 1.31. The zero-order valence-electron chi connectivity index (χ0n) is 5.74. The standard InChI is InChI=1S/C6H5ClN2O2/c1-4-2-5(7)8-6(3-4)9(10)11/h2-3H,1H3. The van der Waals surface area contributed by atoms with E-state index < -0.39 is 4.92 Å². The summed E-state index contributed by atoms with van der Waals surface area (Å²) in [5, 5.41) is 10.3. The molecule has 11 heavy (non-hydrogen) atoms. The summed E-state index contributed by atoms with van der Waals surface area (Å²) in [6, 6.07) is 2.93. The van der Waals surface area contributed by atoms with Crippen LogP contribution in [-0.2, 0) is 0 Å². The van der Waals surface area contributed by atoms with E-state index in [9.17, 15) is 10.1 Å². The number of hydrogen-bond acceptors (Lipinski definition) is 3. The van der Waals surface area contributed by atoms with Gasteiger partial charge in [-0.05, 0) is 34.0 Å². The molecule has 0 bridgehead atoms. The van der Waals surface area contributed by atoms with E-state index in [2.05, 4.69) is 4.98 Å². The monoisotopic (exact) mass is 172 g/mol. The van der Waals surface area contributed by atoms with Crippen LogP contribution in [-0.4, -0.2) is 9.91 Å². The third kappa shape index (κ3) is 1.88. The van der Waals surface area contributed by atoms with Crippen molar-refractivity contribution < 1.29 is 4.92 Å². The Morgan fingerprint density at radius 3 is 2.73 bits per heavy atom. The van der Waals surface area contributed by atoms with Gasteiger partial charge in [-0.25, -0.2) is 0 Å². The molecule has 0 radical (unpaired) electrons. The van der Waals surface area contributed by atoms with Crippen LogP contribution in [0.1, 0.15) is 5.56 Å². The second-order valence-corrected chi connectivity index (χ2v) is 2.47. The van der Waals surface area contributed by atoms with Gasteiger partial charge in [0.05, 0.1) is 0 Å². The SMILES string of the molecule is Cc1cc(Cl)nc([N+](=O)[O-])c1. The lowest BCUT2D eigenvalue weighted by Gasteiger charge is -1.92. The van der Waals surface area contributed by atoms with Gasteiger partial charge < -0.3 is 10.1 Å². The number of hydrogen-bond donors (Lipinski definition) is 0. The summed E-state index contributed by atoms with van der Waals surface area (Å²) >= 11 is 5.48. The molecule has 0 unspecified atom stereocenters. The first-order chi connectivity index (χ1) is 5.09. The molecule has 0 aliphatic heterocycles. The van der Waals surface area contributed by atoms with Crippen LogP contribution in [0.4, 0.5) is 5.82 Å². The number of pyridine rings is 1. The van der Waals surface area contributed by atoms with Crippen LogP contribution in [0.2, 0.25) is 5.15 Å². The van der Waals surface area contributed by atoms with Crippen LogP contribution < -0.4 is 0 Å². The highest BCUT2D eigenvalue weighted by Gasteiger charge is 2.08. The second-order valence-electron chi connectivity index (χ2n) is 2.08. The van der Waals surface area contributed by atoms with Crippen molar-refractivity contribution in [1.29, 1.82) is 0 Å². The minimum atomic E-state index is -0.571. The molecule has 0 fully saturated rings. The molecule has 1 aromatic rings. The fourth-order valence-electron chi connectivity index (χ4n) is 0.701. The zero-order valence-corrected chi connectivity index (χ0v) is 6.50. The Morgan fingerprint density at radius 1 is 1.64 bits per heavy atom. The Balaban J connectivity index is 3.19. The van der Waals surface area contributed by atoms with Crippen LogP contribution in [0.25, 0.3) is 0 Å². The van der Waals surface area contributed by atoms with Crippen molar-refractivity contribution in [2.75, 3.05) is 0 Å². The molecule has 1 rings (SSSR count). The van der Waals surface area contributed by atoms with Gasteiger partial charge in [-0.1, -0.05) is 0 Å². The van der Waals surface area contributed by atoms with Gasteiger partial charge in [-0.15, -0.1) is 0 Å². The van der Waals surface area contributed by atoms with E-state index in [0.717, 1.165) is 5.56 Å². The largest absolute Gasteiger partial charge is 0.365 e. The smallest absolute Gasteiger partial charge is 0.358 e. The molecule has 0 spiro atoms. The highest BCUT2D eigenvalue weighted by molar-refractivity contribution is 6.29. The minimum absolute atomic E-state index is 0.150. The van der Waals surface area contributed by atoms with Gasteiger partial charge in [0.2, 0.25) is 5.15 Å². The van der Waals surface area contributed by atoms with E-state index in [0.29, 0.717) is 0 Å². The number of rotatable bonds is 1. The van der Waals surface area contributed by atoms with Crippen LogP contribution >= 0.6 is 11.6 Å². The van der Waals surface area contributed by atoms with Gasteiger partial charge in [0, 0.05) is 12.1 Å². The van der Waals surface area contributed by atoms with E-state index in [1.807, 2.05) is 0 Å². The molecule has 4 nitrogen and oxygen atoms in total. The van der Waals surface area contributed by atoms with E-state index in [4.69, 9.17) is 11.6 Å². The molecule has 0 aliphatic carbocycles. The van der Waals surface area contributed by atoms with Crippen LogP contribution in [0.3, 0.4) is 0 Å². The van der Waals surface area contributed by atoms with Gasteiger partial charge in [0.15, 0.2) is 0 Å². The van der Waals surface area contributed by atoms with E-state index in [-0.39, 0.29) is 11.0 Å². The highest BCUT2D eigenvalue weighted by atomic mass is 35.5. The van der Waals surface area contributed by atoms with Crippen molar-refractivity contribution >= 4 is 17.4 Å². The summed E-state index contributed by atoms with van der Waals surface area (Å²) in [4.78, 5) is 13.1. The molecule has 0 amide bonds. The maximum absolute atomic E-state index is 10.2. The second kappa shape index (κ2) is 2.84. The Labute approximate surface area is 68.0 Å². The summed E-state index contributed by atoms with van der Waals surface area (Å²) in [5.74, 6) is -0.213. The van der Waals surface area contributed by atoms with Crippen LogP contribution in [0.5, 0.6) is 0 Å². The Morgan fingerprint density at radius 2 is 2.27 bits per heavy atom. The van der Waals surface area contributed by atoms with Crippen molar-refractivity contribution in [1.82, 2.24) is 4.98 Å². The van der Waals surface area contributed by atoms with Gasteiger partial charge >= 0.3 is 5.82 Å². The van der Waals surface area contributed by atoms with Crippen molar-refractivity contribution in [3.05, 3.63) is 33.0 Å². The Kier molecular flexibility index (Phi) is 2.05. The zero-order chi connectivity index (χ0) is 8.43. The van der Waals surface area contributed by atoms with Crippen molar-refractivity contribution in [2.45, 2.75) is 6.92 Å².